The van der Waals surface area contributed by atoms with Crippen LogP contribution in [0.4, 0.5) is 24.5 Å². The number of nitrogens with one attached hydrogen (secondary N) is 1. The maximum Gasteiger partial charge on any atom is 0.417 e. The second kappa shape index (κ2) is 9.50. The molecule has 1 fully saturated rings. The number of rotatable bonds is 4. The van der Waals surface area contributed by atoms with E-state index in [-0.39, 0.29) is 29.7 Å². The zero-order chi connectivity index (χ0) is 22.8. The molecule has 1 heterocycles. The molecule has 164 valence electrons. The highest BCUT2D eigenvalue weighted by atomic mass is 35.5. The van der Waals surface area contributed by atoms with Crippen LogP contribution in [0.3, 0.4) is 0 Å². The number of hydrogen-bond acceptors (Lipinski definition) is 4. The number of aliphatic imine (C=N–C) groups is 1. The molecule has 0 aliphatic carbocycles. The maximum atomic E-state index is 13.1. The number of hydrogen-bond donors (Lipinski definition) is 1. The lowest BCUT2D eigenvalue weighted by Crippen LogP contribution is -2.45. The van der Waals surface area contributed by atoms with Gasteiger partial charge in [0.05, 0.1) is 16.3 Å². The highest BCUT2D eigenvalue weighted by molar-refractivity contribution is 8.15. The molecule has 1 atom stereocenters. The fourth-order valence-electron chi connectivity index (χ4n) is 2.82. The number of amides is 2. The molecule has 1 saturated heterocycles. The largest absolute Gasteiger partial charge is 0.417 e. The first kappa shape index (κ1) is 23.4. The van der Waals surface area contributed by atoms with Gasteiger partial charge in [0.1, 0.15) is 5.25 Å². The number of carbonyl (C=O) groups excluding carboxylic acids is 2. The summed E-state index contributed by atoms with van der Waals surface area (Å²) in [6.45, 7) is 1.97. The number of nitrogens with zero attached hydrogens (tertiary/aromatic N) is 2. The molecule has 3 rings (SSSR count). The van der Waals surface area contributed by atoms with Gasteiger partial charge in [-0.2, -0.15) is 13.2 Å². The first-order valence-electron chi connectivity index (χ1n) is 9.07. The Bertz CT molecular complexity index is 1030. The molecule has 0 spiro atoms. The van der Waals surface area contributed by atoms with E-state index in [4.69, 9.17) is 23.2 Å². The van der Waals surface area contributed by atoms with E-state index in [9.17, 15) is 22.8 Å². The average Bonchev–Trinajstić information content (AvgIpc) is 2.70. The van der Waals surface area contributed by atoms with E-state index >= 15 is 0 Å². The van der Waals surface area contributed by atoms with Gasteiger partial charge in [-0.05, 0) is 49.4 Å². The van der Waals surface area contributed by atoms with E-state index in [1.165, 1.54) is 11.0 Å². The van der Waals surface area contributed by atoms with Gasteiger partial charge in [-0.3, -0.25) is 14.5 Å². The smallest absolute Gasteiger partial charge is 0.325 e. The topological polar surface area (TPSA) is 61.8 Å². The summed E-state index contributed by atoms with van der Waals surface area (Å²) in [5, 5.41) is 2.12. The lowest BCUT2D eigenvalue weighted by atomic mass is 10.2. The first-order valence-corrected chi connectivity index (χ1v) is 10.7. The van der Waals surface area contributed by atoms with E-state index in [1.54, 1.807) is 31.2 Å². The molecule has 1 aliphatic heterocycles. The van der Waals surface area contributed by atoms with Gasteiger partial charge in [0.2, 0.25) is 11.8 Å². The van der Waals surface area contributed by atoms with Crippen molar-refractivity contribution in [1.29, 1.82) is 0 Å². The van der Waals surface area contributed by atoms with Crippen LogP contribution in [0.5, 0.6) is 0 Å². The molecule has 1 N–H and O–H groups in total. The first-order chi connectivity index (χ1) is 14.6. The van der Waals surface area contributed by atoms with Gasteiger partial charge in [0.25, 0.3) is 0 Å². The minimum Gasteiger partial charge on any atom is -0.325 e. The van der Waals surface area contributed by atoms with Gasteiger partial charge < -0.3 is 5.32 Å². The van der Waals surface area contributed by atoms with Crippen molar-refractivity contribution in [2.24, 2.45) is 4.99 Å². The standard InChI is InChI=1S/C20H16Cl2F3N3O2S/c1-2-28-17(29)10-16(18(30)26-12-5-3-11(21)4-6-12)31-19(28)27-13-7-8-15(22)14(9-13)20(23,24)25/h3-9,16H,2,10H2,1H3,(H,26,30). The Labute approximate surface area is 190 Å². The van der Waals surface area contributed by atoms with Gasteiger partial charge >= 0.3 is 6.18 Å². The van der Waals surface area contributed by atoms with Gasteiger partial charge in [-0.15, -0.1) is 0 Å². The van der Waals surface area contributed by atoms with Crippen molar-refractivity contribution in [2.45, 2.75) is 24.8 Å². The van der Waals surface area contributed by atoms with Crippen molar-refractivity contribution in [1.82, 2.24) is 4.90 Å². The minimum absolute atomic E-state index is 0.0239. The summed E-state index contributed by atoms with van der Waals surface area (Å²) in [5.41, 5.74) is -0.543. The number of carbonyl (C=O) groups is 2. The number of amidine groups is 1. The van der Waals surface area contributed by atoms with Crippen LogP contribution < -0.4 is 5.32 Å². The summed E-state index contributed by atoms with van der Waals surface area (Å²) in [7, 11) is 0. The molecule has 0 radical (unpaired) electrons. The van der Waals surface area contributed by atoms with Crippen molar-refractivity contribution in [3.63, 3.8) is 0 Å². The van der Waals surface area contributed by atoms with Gasteiger partial charge in [0.15, 0.2) is 5.17 Å². The Morgan fingerprint density at radius 1 is 1.23 bits per heavy atom. The van der Waals surface area contributed by atoms with Crippen LogP contribution in [-0.2, 0) is 15.8 Å². The molecule has 11 heteroatoms. The third-order valence-corrected chi connectivity index (χ3v) is 6.11. The van der Waals surface area contributed by atoms with Crippen LogP contribution in [0.1, 0.15) is 18.9 Å². The normalized spacial score (nSPS) is 18.4. The van der Waals surface area contributed by atoms with E-state index in [0.29, 0.717) is 10.7 Å². The Balaban J connectivity index is 1.87. The second-order valence-electron chi connectivity index (χ2n) is 6.50. The van der Waals surface area contributed by atoms with Crippen molar-refractivity contribution in [3.05, 3.63) is 58.1 Å². The van der Waals surface area contributed by atoms with Crippen LogP contribution in [0.15, 0.2) is 47.5 Å². The average molecular weight is 490 g/mol. The molecule has 1 aliphatic rings. The number of benzene rings is 2. The van der Waals surface area contributed by atoms with E-state index in [0.717, 1.165) is 23.9 Å². The maximum absolute atomic E-state index is 13.1. The third kappa shape index (κ3) is 5.72. The molecule has 31 heavy (non-hydrogen) atoms. The Kier molecular flexibility index (Phi) is 7.18. The van der Waals surface area contributed by atoms with Crippen molar-refractivity contribution in [2.75, 3.05) is 11.9 Å². The van der Waals surface area contributed by atoms with Crippen LogP contribution in [-0.4, -0.2) is 33.7 Å². The predicted octanol–water partition coefficient (Wildman–Crippen LogP) is 5.99. The summed E-state index contributed by atoms with van der Waals surface area (Å²) in [5.74, 6) is -0.766. The van der Waals surface area contributed by atoms with E-state index < -0.39 is 27.9 Å². The molecular formula is C20H16Cl2F3N3O2S. The molecule has 2 aromatic rings. The zero-order valence-electron chi connectivity index (χ0n) is 16.0. The van der Waals surface area contributed by atoms with E-state index in [1.807, 2.05) is 0 Å². The molecule has 2 amide bonds. The number of alkyl halides is 3. The Morgan fingerprint density at radius 2 is 1.90 bits per heavy atom. The van der Waals surface area contributed by atoms with Crippen LogP contribution in [0.25, 0.3) is 0 Å². The molecule has 2 aromatic carbocycles. The van der Waals surface area contributed by atoms with Gasteiger partial charge in [0, 0.05) is 23.7 Å². The lowest BCUT2D eigenvalue weighted by molar-refractivity contribution is -0.137. The number of thioether (sulfide) groups is 1. The SMILES string of the molecule is CCN1C(=O)CC(C(=O)Nc2ccc(Cl)cc2)SC1=Nc1ccc(Cl)c(C(F)(F)F)c1. The highest BCUT2D eigenvalue weighted by Crippen LogP contribution is 2.38. The van der Waals surface area contributed by atoms with Crippen molar-refractivity contribution in [3.8, 4) is 0 Å². The predicted molar refractivity (Wildman–Crippen MR) is 117 cm³/mol. The monoisotopic (exact) mass is 489 g/mol. The van der Waals surface area contributed by atoms with Crippen molar-refractivity contribution >= 4 is 63.3 Å². The quantitative estimate of drug-likeness (QED) is 0.573. The fourth-order valence-corrected chi connectivity index (χ4v) is 4.33. The number of anilines is 1. The molecule has 0 aromatic heterocycles. The summed E-state index contributed by atoms with van der Waals surface area (Å²) < 4.78 is 39.4. The minimum atomic E-state index is -4.64. The molecule has 1 unspecified atom stereocenters. The third-order valence-electron chi connectivity index (χ3n) is 4.34. The molecule has 0 bridgehead atoms. The lowest BCUT2D eigenvalue weighted by Gasteiger charge is -2.31. The second-order valence-corrected chi connectivity index (χ2v) is 8.51. The van der Waals surface area contributed by atoms with Crippen LogP contribution in [0, 0.1) is 0 Å². The molecule has 0 saturated carbocycles. The van der Waals surface area contributed by atoms with Crippen molar-refractivity contribution < 1.29 is 22.8 Å². The fraction of sp³-hybridized carbons (Fsp3) is 0.250. The highest BCUT2D eigenvalue weighted by Gasteiger charge is 2.36. The van der Waals surface area contributed by atoms with Crippen LogP contribution in [0.2, 0.25) is 10.0 Å². The Morgan fingerprint density at radius 3 is 2.52 bits per heavy atom. The Hall–Kier alpha value is -2.23. The zero-order valence-corrected chi connectivity index (χ0v) is 18.4. The molecule has 5 nitrogen and oxygen atoms in total. The van der Waals surface area contributed by atoms with E-state index in [2.05, 4.69) is 10.3 Å². The number of halogens is 5. The molecular weight excluding hydrogens is 474 g/mol. The summed E-state index contributed by atoms with van der Waals surface area (Å²) in [4.78, 5) is 30.8. The summed E-state index contributed by atoms with van der Waals surface area (Å²) in [6.07, 6.45) is -4.71. The van der Waals surface area contributed by atoms with Gasteiger partial charge in [-0.25, -0.2) is 4.99 Å². The summed E-state index contributed by atoms with van der Waals surface area (Å²) >= 11 is 12.5. The summed E-state index contributed by atoms with van der Waals surface area (Å²) in [6, 6.07) is 9.69. The van der Waals surface area contributed by atoms with Crippen LogP contribution >= 0.6 is 35.0 Å². The van der Waals surface area contributed by atoms with Gasteiger partial charge in [-0.1, -0.05) is 35.0 Å².